The molecule has 0 atom stereocenters. The average molecular weight is 445 g/mol. The van der Waals surface area contributed by atoms with E-state index >= 15 is 0 Å². The zero-order valence-electron chi connectivity index (χ0n) is 14.3. The number of hydrogen-bond donors (Lipinski definition) is 2. The van der Waals surface area contributed by atoms with E-state index in [9.17, 15) is 9.59 Å². The lowest BCUT2D eigenvalue weighted by atomic mass is 10.2. The van der Waals surface area contributed by atoms with Crippen molar-refractivity contribution in [2.24, 2.45) is 0 Å². The summed E-state index contributed by atoms with van der Waals surface area (Å²) < 4.78 is 2.86. The van der Waals surface area contributed by atoms with Crippen molar-refractivity contribution in [2.45, 2.75) is 11.7 Å². The first-order valence-electron chi connectivity index (χ1n) is 8.14. The van der Waals surface area contributed by atoms with Gasteiger partial charge in [0.05, 0.1) is 5.75 Å². The third-order valence-electron chi connectivity index (χ3n) is 3.63. The Balaban J connectivity index is 1.47. The molecular formula is C19H17BrN4O2S. The fourth-order valence-corrected chi connectivity index (χ4v) is 3.33. The lowest BCUT2D eigenvalue weighted by Crippen LogP contribution is -2.42. The number of carbonyl (C=O) groups is 2. The van der Waals surface area contributed by atoms with E-state index in [1.54, 1.807) is 30.5 Å². The maximum Gasteiger partial charge on any atom is 0.269 e. The molecule has 0 bridgehead atoms. The van der Waals surface area contributed by atoms with Crippen molar-refractivity contribution in [1.29, 1.82) is 0 Å². The van der Waals surface area contributed by atoms with E-state index in [0.717, 1.165) is 15.2 Å². The predicted molar refractivity (Wildman–Crippen MR) is 108 cm³/mol. The first kappa shape index (κ1) is 19.2. The summed E-state index contributed by atoms with van der Waals surface area (Å²) >= 11 is 4.62. The van der Waals surface area contributed by atoms with E-state index < -0.39 is 0 Å². The number of nitrogens with one attached hydrogen (secondary N) is 2. The summed E-state index contributed by atoms with van der Waals surface area (Å²) in [6.45, 7) is 0.686. The van der Waals surface area contributed by atoms with E-state index in [1.165, 1.54) is 11.8 Å². The molecule has 6 nitrogen and oxygen atoms in total. The predicted octanol–water partition coefficient (Wildman–Crippen LogP) is 3.25. The fourth-order valence-electron chi connectivity index (χ4n) is 2.30. The summed E-state index contributed by atoms with van der Waals surface area (Å²) in [5, 5.41) is 0.744. The lowest BCUT2D eigenvalue weighted by Gasteiger charge is -2.09. The van der Waals surface area contributed by atoms with E-state index in [-0.39, 0.29) is 17.6 Å². The summed E-state index contributed by atoms with van der Waals surface area (Å²) in [7, 11) is 0. The Bertz CT molecular complexity index is 913. The number of benzene rings is 2. The van der Waals surface area contributed by atoms with Crippen molar-refractivity contribution in [2.75, 3.05) is 5.75 Å². The molecule has 3 rings (SSSR count). The second-order valence-electron chi connectivity index (χ2n) is 5.62. The molecular weight excluding hydrogens is 428 g/mol. The van der Waals surface area contributed by atoms with Crippen molar-refractivity contribution in [3.63, 3.8) is 0 Å². The van der Waals surface area contributed by atoms with Crippen LogP contribution < -0.4 is 10.9 Å². The van der Waals surface area contributed by atoms with Gasteiger partial charge in [-0.15, -0.1) is 0 Å². The van der Waals surface area contributed by atoms with Gasteiger partial charge in [-0.1, -0.05) is 58.0 Å². The quantitative estimate of drug-likeness (QED) is 0.451. The molecule has 0 aliphatic carbocycles. The van der Waals surface area contributed by atoms with Gasteiger partial charge in [0.15, 0.2) is 5.16 Å². The van der Waals surface area contributed by atoms with Gasteiger partial charge in [-0.3, -0.25) is 20.4 Å². The summed E-state index contributed by atoms with van der Waals surface area (Å²) in [5.41, 5.74) is 6.45. The maximum atomic E-state index is 12.0. The van der Waals surface area contributed by atoms with Crippen LogP contribution in [0.4, 0.5) is 0 Å². The van der Waals surface area contributed by atoms with Crippen LogP contribution in [0.15, 0.2) is 76.6 Å². The van der Waals surface area contributed by atoms with Crippen molar-refractivity contribution >= 4 is 39.5 Å². The van der Waals surface area contributed by atoms with Crippen LogP contribution in [0.2, 0.25) is 0 Å². The van der Waals surface area contributed by atoms with E-state index in [0.29, 0.717) is 12.1 Å². The molecule has 0 aliphatic heterocycles. The average Bonchev–Trinajstić information content (AvgIpc) is 3.13. The maximum absolute atomic E-state index is 12.0. The molecule has 3 aromatic rings. The molecule has 27 heavy (non-hydrogen) atoms. The van der Waals surface area contributed by atoms with Gasteiger partial charge in [0, 0.05) is 29.0 Å². The molecule has 2 N–H and O–H groups in total. The molecule has 0 aliphatic rings. The minimum absolute atomic E-state index is 0.145. The number of imidazole rings is 1. The smallest absolute Gasteiger partial charge is 0.269 e. The first-order valence-corrected chi connectivity index (χ1v) is 9.92. The normalized spacial score (nSPS) is 10.4. The number of amides is 2. The minimum Gasteiger partial charge on any atom is -0.322 e. The topological polar surface area (TPSA) is 76.0 Å². The number of halogens is 1. The molecule has 8 heteroatoms. The van der Waals surface area contributed by atoms with Crippen molar-refractivity contribution in [3.8, 4) is 0 Å². The minimum atomic E-state index is -0.369. The third kappa shape index (κ3) is 5.70. The number of hydrazine groups is 1. The fraction of sp³-hybridized carbons (Fsp3) is 0.105. The molecule has 138 valence electrons. The molecule has 0 radical (unpaired) electrons. The number of aromatic nitrogens is 2. The molecule has 1 aromatic heterocycles. The van der Waals surface area contributed by atoms with E-state index in [2.05, 4.69) is 31.8 Å². The van der Waals surface area contributed by atoms with Crippen molar-refractivity contribution in [1.82, 2.24) is 20.4 Å². The Morgan fingerprint density at radius 3 is 2.52 bits per heavy atom. The number of carbonyl (C=O) groups excluding carboxylic acids is 2. The first-order chi connectivity index (χ1) is 13.1. The Morgan fingerprint density at radius 2 is 1.78 bits per heavy atom. The van der Waals surface area contributed by atoms with Gasteiger partial charge in [0.1, 0.15) is 0 Å². The van der Waals surface area contributed by atoms with Crippen LogP contribution in [0.1, 0.15) is 15.9 Å². The molecule has 2 amide bonds. The Hall–Kier alpha value is -2.58. The third-order valence-corrected chi connectivity index (χ3v) is 5.16. The second kappa shape index (κ2) is 9.38. The van der Waals surface area contributed by atoms with Crippen LogP contribution in [0.3, 0.4) is 0 Å². The second-order valence-corrected chi connectivity index (χ2v) is 7.48. The number of thioether (sulfide) groups is 1. The standard InChI is InChI=1S/C19H17BrN4O2S/c20-16-8-6-15(7-9-16)18(26)23-22-17(25)13-27-19-21-10-11-24(19)12-14-4-2-1-3-5-14/h1-11H,12-13H2,(H,22,25)(H,23,26). The lowest BCUT2D eigenvalue weighted by molar-refractivity contribution is -0.119. The molecule has 0 fully saturated rings. The van der Waals surface area contributed by atoms with Crippen LogP contribution in [0, 0.1) is 0 Å². The van der Waals surface area contributed by atoms with Gasteiger partial charge in [0.25, 0.3) is 5.91 Å². The highest BCUT2D eigenvalue weighted by atomic mass is 79.9. The summed E-state index contributed by atoms with van der Waals surface area (Å²) in [5.74, 6) is -0.530. The highest BCUT2D eigenvalue weighted by Crippen LogP contribution is 2.17. The Kier molecular flexibility index (Phi) is 6.67. The zero-order valence-corrected chi connectivity index (χ0v) is 16.7. The van der Waals surface area contributed by atoms with Gasteiger partial charge in [-0.05, 0) is 29.8 Å². The van der Waals surface area contributed by atoms with Gasteiger partial charge in [-0.25, -0.2) is 4.98 Å². The number of nitrogens with zero attached hydrogens (tertiary/aromatic N) is 2. The van der Waals surface area contributed by atoms with Gasteiger partial charge in [-0.2, -0.15) is 0 Å². The van der Waals surface area contributed by atoms with Crippen LogP contribution in [0.5, 0.6) is 0 Å². The number of rotatable bonds is 6. The molecule has 1 heterocycles. The Morgan fingerprint density at radius 1 is 1.04 bits per heavy atom. The van der Waals surface area contributed by atoms with E-state index in [4.69, 9.17) is 0 Å². The van der Waals surface area contributed by atoms with Gasteiger partial charge >= 0.3 is 0 Å². The molecule has 0 spiro atoms. The highest BCUT2D eigenvalue weighted by molar-refractivity contribution is 9.10. The van der Waals surface area contributed by atoms with Crippen molar-refractivity contribution in [3.05, 3.63) is 82.6 Å². The van der Waals surface area contributed by atoms with Gasteiger partial charge < -0.3 is 4.57 Å². The van der Waals surface area contributed by atoms with Crippen LogP contribution >= 0.6 is 27.7 Å². The molecule has 2 aromatic carbocycles. The SMILES string of the molecule is O=C(CSc1nccn1Cc1ccccc1)NNC(=O)c1ccc(Br)cc1. The van der Waals surface area contributed by atoms with E-state index in [1.807, 2.05) is 41.1 Å². The monoisotopic (exact) mass is 444 g/mol. The highest BCUT2D eigenvalue weighted by Gasteiger charge is 2.10. The van der Waals surface area contributed by atoms with Crippen LogP contribution in [-0.2, 0) is 11.3 Å². The summed E-state index contributed by atoms with van der Waals surface area (Å²) in [6, 6.07) is 16.9. The summed E-state index contributed by atoms with van der Waals surface area (Å²) in [4.78, 5) is 28.3. The largest absolute Gasteiger partial charge is 0.322 e. The van der Waals surface area contributed by atoms with Crippen molar-refractivity contribution < 1.29 is 9.59 Å². The van der Waals surface area contributed by atoms with Crippen LogP contribution in [0.25, 0.3) is 0 Å². The molecule has 0 saturated carbocycles. The zero-order chi connectivity index (χ0) is 19.1. The molecule has 0 saturated heterocycles. The van der Waals surface area contributed by atoms with Gasteiger partial charge in [0.2, 0.25) is 5.91 Å². The molecule has 0 unspecified atom stereocenters. The Labute approximate surface area is 169 Å². The van der Waals surface area contributed by atoms with Crippen LogP contribution in [-0.4, -0.2) is 27.1 Å². The summed E-state index contributed by atoms with van der Waals surface area (Å²) in [6.07, 6.45) is 3.58. The number of hydrogen-bond acceptors (Lipinski definition) is 4.